The van der Waals surface area contributed by atoms with Crippen molar-refractivity contribution in [2.45, 2.75) is 0 Å². The Hall–Kier alpha value is -1.81. The molecule has 0 saturated heterocycles. The Bertz CT molecular complexity index is 630. The second kappa shape index (κ2) is 5.23. The summed E-state index contributed by atoms with van der Waals surface area (Å²) in [5.41, 5.74) is 2.97. The molecular weight excluding hydrogens is 292 g/mol. The molecule has 3 rings (SSSR count). The van der Waals surface area contributed by atoms with Gasteiger partial charge in [0.2, 0.25) is 0 Å². The van der Waals surface area contributed by atoms with Gasteiger partial charge in [-0.1, -0.05) is 18.2 Å². The van der Waals surface area contributed by atoms with Gasteiger partial charge in [0.25, 0.3) is 0 Å². The minimum atomic E-state index is 0. The fraction of sp³-hybridized carbons (Fsp3) is 0.0714. The van der Waals surface area contributed by atoms with E-state index in [0.717, 1.165) is 22.7 Å². The number of hydrogen-bond donors (Lipinski definition) is 0. The standard InChI is InChI=1S/C14H12N2O.BrH/c1-17-12-6-4-5-11(9-12)13-10-16-8-3-2-7-14(16)15-13;/h2-10H,1H3;1H/p-1. The summed E-state index contributed by atoms with van der Waals surface area (Å²) in [6.07, 6.45) is 4.01. The minimum Gasteiger partial charge on any atom is -1.00 e. The van der Waals surface area contributed by atoms with Crippen LogP contribution >= 0.6 is 0 Å². The van der Waals surface area contributed by atoms with Gasteiger partial charge in [-0.3, -0.25) is 0 Å². The fourth-order valence-electron chi connectivity index (χ4n) is 1.86. The first-order valence-electron chi connectivity index (χ1n) is 5.45. The number of imidazole rings is 1. The van der Waals surface area contributed by atoms with Crippen LogP contribution in [0.25, 0.3) is 16.9 Å². The number of methoxy groups -OCH3 is 1. The van der Waals surface area contributed by atoms with Crippen molar-refractivity contribution in [2.75, 3.05) is 7.11 Å². The van der Waals surface area contributed by atoms with E-state index < -0.39 is 0 Å². The number of ether oxygens (including phenoxy) is 1. The Balaban J connectivity index is 0.00000120. The molecule has 0 amide bonds. The third-order valence-electron chi connectivity index (χ3n) is 2.73. The van der Waals surface area contributed by atoms with Crippen LogP contribution in [0.3, 0.4) is 0 Å². The molecule has 0 aliphatic carbocycles. The van der Waals surface area contributed by atoms with Gasteiger partial charge in [0, 0.05) is 18.0 Å². The average molecular weight is 304 g/mol. The van der Waals surface area contributed by atoms with Crippen LogP contribution in [-0.2, 0) is 0 Å². The molecule has 0 N–H and O–H groups in total. The maximum atomic E-state index is 5.22. The first-order chi connectivity index (χ1) is 8.36. The van der Waals surface area contributed by atoms with Gasteiger partial charge in [-0.25, -0.2) is 4.98 Å². The topological polar surface area (TPSA) is 26.5 Å². The maximum Gasteiger partial charge on any atom is 0.137 e. The van der Waals surface area contributed by atoms with Gasteiger partial charge >= 0.3 is 0 Å². The summed E-state index contributed by atoms with van der Waals surface area (Å²) in [7, 11) is 1.67. The highest BCUT2D eigenvalue weighted by Crippen LogP contribution is 2.23. The normalized spacial score (nSPS) is 10.1. The van der Waals surface area contributed by atoms with Crippen molar-refractivity contribution in [3.05, 3.63) is 54.9 Å². The van der Waals surface area contributed by atoms with Gasteiger partial charge in [0.05, 0.1) is 12.8 Å². The van der Waals surface area contributed by atoms with Crippen molar-refractivity contribution in [1.29, 1.82) is 0 Å². The van der Waals surface area contributed by atoms with Gasteiger partial charge in [-0.05, 0) is 24.3 Å². The Morgan fingerprint density at radius 1 is 1.11 bits per heavy atom. The second-order valence-corrected chi connectivity index (χ2v) is 3.82. The predicted molar refractivity (Wildman–Crippen MR) is 67.2 cm³/mol. The zero-order valence-corrected chi connectivity index (χ0v) is 11.5. The van der Waals surface area contributed by atoms with Crippen LogP contribution in [0.4, 0.5) is 0 Å². The average Bonchev–Trinajstić information content (AvgIpc) is 2.82. The lowest BCUT2D eigenvalue weighted by molar-refractivity contribution is -0.00000378. The zero-order valence-electron chi connectivity index (χ0n) is 9.88. The van der Waals surface area contributed by atoms with E-state index in [2.05, 4.69) is 4.98 Å². The van der Waals surface area contributed by atoms with Gasteiger partial charge in [0.15, 0.2) is 0 Å². The Morgan fingerprint density at radius 2 is 2.00 bits per heavy atom. The lowest BCUT2D eigenvalue weighted by Crippen LogP contribution is -3.00. The monoisotopic (exact) mass is 303 g/mol. The van der Waals surface area contributed by atoms with E-state index in [-0.39, 0.29) is 17.0 Å². The molecule has 2 aromatic heterocycles. The first-order valence-corrected chi connectivity index (χ1v) is 5.45. The molecule has 1 aromatic carbocycles. The molecule has 0 bridgehead atoms. The largest absolute Gasteiger partial charge is 1.00 e. The minimum absolute atomic E-state index is 0. The molecule has 2 heterocycles. The van der Waals surface area contributed by atoms with Crippen LogP contribution in [0.2, 0.25) is 0 Å². The summed E-state index contributed by atoms with van der Waals surface area (Å²) in [5, 5.41) is 0. The number of rotatable bonds is 2. The van der Waals surface area contributed by atoms with Crippen LogP contribution in [0, 0.1) is 0 Å². The molecule has 0 atom stereocenters. The fourth-order valence-corrected chi connectivity index (χ4v) is 1.86. The molecule has 0 radical (unpaired) electrons. The third kappa shape index (κ3) is 2.24. The number of halogens is 1. The van der Waals surface area contributed by atoms with Crippen molar-refractivity contribution < 1.29 is 21.7 Å². The summed E-state index contributed by atoms with van der Waals surface area (Å²) < 4.78 is 7.22. The van der Waals surface area contributed by atoms with Crippen molar-refractivity contribution in [2.24, 2.45) is 0 Å². The molecule has 0 saturated carbocycles. The number of pyridine rings is 1. The molecule has 0 spiro atoms. The molecule has 4 heteroatoms. The molecule has 3 aromatic rings. The van der Waals surface area contributed by atoms with Crippen LogP contribution in [-0.4, -0.2) is 16.5 Å². The first kappa shape index (κ1) is 12.6. The molecule has 3 nitrogen and oxygen atoms in total. The number of hydrogen-bond acceptors (Lipinski definition) is 2. The highest BCUT2D eigenvalue weighted by Gasteiger charge is 2.04. The molecule has 0 unspecified atom stereocenters. The van der Waals surface area contributed by atoms with Crippen LogP contribution < -0.4 is 21.7 Å². The van der Waals surface area contributed by atoms with E-state index in [1.54, 1.807) is 7.11 Å². The summed E-state index contributed by atoms with van der Waals surface area (Å²) >= 11 is 0. The van der Waals surface area contributed by atoms with E-state index in [4.69, 9.17) is 4.74 Å². The summed E-state index contributed by atoms with van der Waals surface area (Å²) in [6, 6.07) is 13.9. The maximum absolute atomic E-state index is 5.22. The number of nitrogens with zero attached hydrogens (tertiary/aromatic N) is 2. The molecule has 0 aliphatic rings. The highest BCUT2D eigenvalue weighted by molar-refractivity contribution is 5.64. The van der Waals surface area contributed by atoms with Crippen molar-refractivity contribution in [3.8, 4) is 17.0 Å². The number of fused-ring (bicyclic) bond motifs is 1. The Labute approximate surface area is 116 Å². The number of benzene rings is 1. The lowest BCUT2D eigenvalue weighted by atomic mass is 10.1. The van der Waals surface area contributed by atoms with Gasteiger partial charge in [-0.15, -0.1) is 0 Å². The van der Waals surface area contributed by atoms with Crippen molar-refractivity contribution >= 4 is 5.65 Å². The molecule has 0 aliphatic heterocycles. The van der Waals surface area contributed by atoms with Crippen molar-refractivity contribution in [3.63, 3.8) is 0 Å². The quantitative estimate of drug-likeness (QED) is 0.667. The lowest BCUT2D eigenvalue weighted by Gasteiger charge is -2.00. The highest BCUT2D eigenvalue weighted by atomic mass is 79.9. The number of aromatic nitrogens is 2. The van der Waals surface area contributed by atoms with E-state index >= 15 is 0 Å². The van der Waals surface area contributed by atoms with Crippen LogP contribution in [0.5, 0.6) is 5.75 Å². The summed E-state index contributed by atoms with van der Waals surface area (Å²) in [4.78, 5) is 4.57. The predicted octanol–water partition coefficient (Wildman–Crippen LogP) is 0.0139. The molecule has 0 fully saturated rings. The Kier molecular flexibility index (Phi) is 3.67. The van der Waals surface area contributed by atoms with E-state index in [9.17, 15) is 0 Å². The Morgan fingerprint density at radius 3 is 2.78 bits per heavy atom. The molecule has 92 valence electrons. The van der Waals surface area contributed by atoms with Crippen molar-refractivity contribution in [1.82, 2.24) is 9.38 Å². The van der Waals surface area contributed by atoms with E-state index in [1.165, 1.54) is 0 Å². The SMILES string of the molecule is COc1cccc(-c2cn3ccccc3n2)c1.[Br-]. The van der Waals surface area contributed by atoms with Crippen LogP contribution in [0.15, 0.2) is 54.9 Å². The molecular formula is C14H12BrN2O-. The summed E-state index contributed by atoms with van der Waals surface area (Å²) in [5.74, 6) is 0.847. The van der Waals surface area contributed by atoms with Gasteiger partial charge in [0.1, 0.15) is 11.4 Å². The van der Waals surface area contributed by atoms with Crippen LogP contribution in [0.1, 0.15) is 0 Å². The van der Waals surface area contributed by atoms with E-state index in [1.807, 2.05) is 59.3 Å². The third-order valence-corrected chi connectivity index (χ3v) is 2.73. The molecule has 18 heavy (non-hydrogen) atoms. The van der Waals surface area contributed by atoms with E-state index in [0.29, 0.717) is 0 Å². The zero-order chi connectivity index (χ0) is 11.7. The van der Waals surface area contributed by atoms with Gasteiger partial charge in [-0.2, -0.15) is 0 Å². The summed E-state index contributed by atoms with van der Waals surface area (Å²) in [6.45, 7) is 0. The van der Waals surface area contributed by atoms with Gasteiger partial charge < -0.3 is 26.1 Å². The second-order valence-electron chi connectivity index (χ2n) is 3.82. The smallest absolute Gasteiger partial charge is 0.137 e.